The van der Waals surface area contributed by atoms with Crippen LogP contribution >= 0.6 is 0 Å². The number of fused-ring (bicyclic) bond motifs is 4. The van der Waals surface area contributed by atoms with Gasteiger partial charge in [0.05, 0.1) is 17.3 Å². The molecule has 4 N–H and O–H groups in total. The highest BCUT2D eigenvalue weighted by molar-refractivity contribution is 5.93. The van der Waals surface area contributed by atoms with Crippen molar-refractivity contribution in [3.8, 4) is 0 Å². The molecule has 1 aliphatic carbocycles. The highest BCUT2D eigenvalue weighted by Gasteiger charge is 2.43. The van der Waals surface area contributed by atoms with Gasteiger partial charge in [0.15, 0.2) is 0 Å². The molecule has 3 amide bonds. The van der Waals surface area contributed by atoms with Gasteiger partial charge in [-0.25, -0.2) is 10.4 Å². The van der Waals surface area contributed by atoms with Crippen molar-refractivity contribution in [1.82, 2.24) is 26.1 Å². The zero-order valence-electron chi connectivity index (χ0n) is 26.1. The predicted molar refractivity (Wildman–Crippen MR) is 164 cm³/mol. The Kier molecular flexibility index (Phi) is 9.55. The standard InChI is InChI=1S/C33H45N5O6/c1-19(2)28-29(40)34-20(3)30(41)38-17-5-6-26(37-38)31(42)44-21(4)25-10-9-23-8-7-22(18-27(23)35-25)11-14-33(32(43)36-28)15-12-24(39)13-16-33/h7-10,18-21,24,26,28,37,39H,5-6,11-17H2,1-4H3,(H,34,40)(H,36,43)/t20-,21+,24-,26-,28-,33+/m0/s1. The van der Waals surface area contributed by atoms with Gasteiger partial charge in [0.2, 0.25) is 11.8 Å². The first kappa shape index (κ1) is 31.8. The quantitative estimate of drug-likeness (QED) is 0.362. The average molecular weight is 608 g/mol. The molecule has 11 nitrogen and oxygen atoms in total. The number of hydrazine groups is 1. The Bertz CT molecular complexity index is 1400. The molecule has 2 aliphatic heterocycles. The number of pyridine rings is 1. The van der Waals surface area contributed by atoms with E-state index in [0.29, 0.717) is 63.6 Å². The van der Waals surface area contributed by atoms with E-state index in [0.717, 1.165) is 16.5 Å². The van der Waals surface area contributed by atoms with E-state index < -0.39 is 47.6 Å². The number of ether oxygens (including phenoxy) is 1. The Balaban J connectivity index is 1.49. The second-order valence-corrected chi connectivity index (χ2v) is 13.1. The first-order chi connectivity index (χ1) is 21.0. The minimum Gasteiger partial charge on any atom is -0.455 e. The third kappa shape index (κ3) is 6.89. The number of cyclic esters (lactones) is 1. The zero-order valence-corrected chi connectivity index (χ0v) is 26.1. The minimum atomic E-state index is -0.892. The molecule has 238 valence electrons. The maximum atomic E-state index is 14.0. The van der Waals surface area contributed by atoms with Crippen LogP contribution in [0.25, 0.3) is 10.9 Å². The smallest absolute Gasteiger partial charge is 0.325 e. The second-order valence-electron chi connectivity index (χ2n) is 13.1. The Morgan fingerprint density at radius 1 is 1.00 bits per heavy atom. The molecule has 3 heterocycles. The van der Waals surface area contributed by atoms with Crippen molar-refractivity contribution in [3.05, 3.63) is 41.6 Å². The molecule has 1 spiro atoms. The van der Waals surface area contributed by atoms with Gasteiger partial charge in [-0.05, 0) is 88.8 Å². The van der Waals surface area contributed by atoms with E-state index in [1.165, 1.54) is 5.01 Å². The minimum absolute atomic E-state index is 0.200. The van der Waals surface area contributed by atoms with Gasteiger partial charge in [0.25, 0.3) is 5.91 Å². The summed E-state index contributed by atoms with van der Waals surface area (Å²) in [6.07, 6.45) is 3.26. The summed E-state index contributed by atoms with van der Waals surface area (Å²) in [5.74, 6) is -1.73. The van der Waals surface area contributed by atoms with E-state index in [2.05, 4.69) is 16.1 Å². The summed E-state index contributed by atoms with van der Waals surface area (Å²) < 4.78 is 5.80. The van der Waals surface area contributed by atoms with Crippen LogP contribution < -0.4 is 16.1 Å². The van der Waals surface area contributed by atoms with Crippen LogP contribution in [-0.2, 0) is 30.3 Å². The van der Waals surface area contributed by atoms with E-state index in [9.17, 15) is 24.3 Å². The number of benzene rings is 1. The lowest BCUT2D eigenvalue weighted by molar-refractivity contribution is -0.157. The molecule has 4 atom stereocenters. The molecule has 0 unspecified atom stereocenters. The van der Waals surface area contributed by atoms with E-state index in [1.54, 1.807) is 13.8 Å². The number of aromatic nitrogens is 1. The van der Waals surface area contributed by atoms with E-state index >= 15 is 0 Å². The maximum absolute atomic E-state index is 14.0. The molecule has 3 aliphatic rings. The van der Waals surface area contributed by atoms with Crippen molar-refractivity contribution < 1.29 is 29.0 Å². The van der Waals surface area contributed by atoms with Gasteiger partial charge in [-0.3, -0.25) is 24.2 Å². The largest absolute Gasteiger partial charge is 0.455 e. The summed E-state index contributed by atoms with van der Waals surface area (Å²) in [4.78, 5) is 58.8. The molecule has 2 fully saturated rings. The second kappa shape index (κ2) is 13.2. The first-order valence-electron chi connectivity index (χ1n) is 15.9. The van der Waals surface area contributed by atoms with Gasteiger partial charge in [0.1, 0.15) is 24.2 Å². The number of amides is 3. The van der Waals surface area contributed by atoms with Gasteiger partial charge in [-0.1, -0.05) is 32.0 Å². The molecule has 1 saturated heterocycles. The van der Waals surface area contributed by atoms with Crippen molar-refractivity contribution in [1.29, 1.82) is 0 Å². The van der Waals surface area contributed by atoms with Crippen LogP contribution in [-0.4, -0.2) is 69.6 Å². The Hall–Kier alpha value is -3.57. The number of hydrogen-bond donors (Lipinski definition) is 4. The molecule has 2 aromatic rings. The maximum Gasteiger partial charge on any atom is 0.325 e. The summed E-state index contributed by atoms with van der Waals surface area (Å²) >= 11 is 0. The molecule has 5 bridgehead atoms. The summed E-state index contributed by atoms with van der Waals surface area (Å²) in [5.41, 5.74) is 4.65. The fourth-order valence-electron chi connectivity index (χ4n) is 6.55. The molecule has 5 rings (SSSR count). The molecule has 0 radical (unpaired) electrons. The van der Waals surface area contributed by atoms with Crippen molar-refractivity contribution in [2.24, 2.45) is 11.3 Å². The highest BCUT2D eigenvalue weighted by Crippen LogP contribution is 2.41. The number of hydrogen-bond acceptors (Lipinski definition) is 8. The summed E-state index contributed by atoms with van der Waals surface area (Å²) in [6.45, 7) is 7.47. The number of aryl methyl sites for hydroxylation is 1. The van der Waals surface area contributed by atoms with Gasteiger partial charge < -0.3 is 20.5 Å². The predicted octanol–water partition coefficient (Wildman–Crippen LogP) is 2.85. The molecular weight excluding hydrogens is 562 g/mol. The van der Waals surface area contributed by atoms with Gasteiger partial charge in [-0.2, -0.15) is 0 Å². The summed E-state index contributed by atoms with van der Waals surface area (Å²) in [7, 11) is 0. The van der Waals surface area contributed by atoms with Crippen LogP contribution in [0.4, 0.5) is 0 Å². The number of nitrogens with one attached hydrogen (secondary N) is 3. The number of aliphatic hydroxyl groups excluding tert-OH is 1. The number of nitrogens with zero attached hydrogens (tertiary/aromatic N) is 2. The van der Waals surface area contributed by atoms with Crippen LogP contribution in [0.15, 0.2) is 30.3 Å². The molecule has 44 heavy (non-hydrogen) atoms. The third-order valence-electron chi connectivity index (χ3n) is 9.48. The van der Waals surface area contributed by atoms with Crippen LogP contribution in [0.2, 0.25) is 0 Å². The van der Waals surface area contributed by atoms with Crippen molar-refractivity contribution in [2.75, 3.05) is 6.54 Å². The van der Waals surface area contributed by atoms with Crippen molar-refractivity contribution >= 4 is 34.6 Å². The number of carbonyl (C=O) groups excluding carboxylic acids is 4. The number of carbonyl (C=O) groups is 4. The van der Waals surface area contributed by atoms with Crippen molar-refractivity contribution in [3.63, 3.8) is 0 Å². The van der Waals surface area contributed by atoms with Crippen molar-refractivity contribution in [2.45, 2.75) is 109 Å². The van der Waals surface area contributed by atoms with E-state index in [4.69, 9.17) is 9.72 Å². The fraction of sp³-hybridized carbons (Fsp3) is 0.606. The molecule has 1 aromatic heterocycles. The summed E-state index contributed by atoms with van der Waals surface area (Å²) in [5, 5.41) is 18.4. The lowest BCUT2D eigenvalue weighted by Gasteiger charge is -2.39. The Morgan fingerprint density at radius 2 is 1.73 bits per heavy atom. The monoisotopic (exact) mass is 607 g/mol. The summed E-state index contributed by atoms with van der Waals surface area (Å²) in [6, 6.07) is 7.40. The lowest BCUT2D eigenvalue weighted by atomic mass is 9.69. The van der Waals surface area contributed by atoms with E-state index in [1.807, 2.05) is 44.2 Å². The topological polar surface area (TPSA) is 150 Å². The van der Waals surface area contributed by atoms with Crippen LogP contribution in [0.3, 0.4) is 0 Å². The molecular formula is C33H45N5O6. The SMILES string of the molecule is CC(C)[C@@H]1NC(=O)[C@]2(CCc3ccc4ccc(nc4c3)[C@@H](C)OC(=O)[C@@H]3CCCN(N3)C(=O)[C@H](C)NC1=O)CC[C@H](O)CC2. The highest BCUT2D eigenvalue weighted by atomic mass is 16.5. The molecule has 1 saturated carbocycles. The Labute approximate surface area is 258 Å². The first-order valence-corrected chi connectivity index (χ1v) is 15.9. The normalized spacial score (nSPS) is 31.1. The van der Waals surface area contributed by atoms with Crippen LogP contribution in [0, 0.1) is 11.3 Å². The number of rotatable bonds is 1. The Morgan fingerprint density at radius 3 is 2.45 bits per heavy atom. The third-order valence-corrected chi connectivity index (χ3v) is 9.48. The van der Waals surface area contributed by atoms with Crippen LogP contribution in [0.1, 0.15) is 90.0 Å². The number of aliphatic hydroxyl groups is 1. The van der Waals surface area contributed by atoms with Gasteiger partial charge in [-0.15, -0.1) is 0 Å². The lowest BCUT2D eigenvalue weighted by Crippen LogP contribution is -2.61. The average Bonchev–Trinajstić information content (AvgIpc) is 3.01. The fourth-order valence-corrected chi connectivity index (χ4v) is 6.55. The van der Waals surface area contributed by atoms with Gasteiger partial charge in [0, 0.05) is 17.3 Å². The zero-order chi connectivity index (χ0) is 31.6. The molecule has 11 heteroatoms. The van der Waals surface area contributed by atoms with E-state index in [-0.39, 0.29) is 17.7 Å². The van der Waals surface area contributed by atoms with Gasteiger partial charge >= 0.3 is 5.97 Å². The molecule has 1 aromatic carbocycles. The number of esters is 1. The van der Waals surface area contributed by atoms with Crippen LogP contribution in [0.5, 0.6) is 0 Å².